The number of hydrogen-bond acceptors (Lipinski definition) is 7. The fourth-order valence-corrected chi connectivity index (χ4v) is 3.31. The second-order valence-electron chi connectivity index (χ2n) is 7.57. The first-order valence-corrected chi connectivity index (χ1v) is 10.9. The van der Waals surface area contributed by atoms with Gasteiger partial charge in [-0.2, -0.15) is 13.2 Å². The van der Waals surface area contributed by atoms with E-state index >= 15 is 0 Å². The van der Waals surface area contributed by atoms with Gasteiger partial charge in [-0.05, 0) is 37.6 Å². The highest BCUT2D eigenvalue weighted by molar-refractivity contribution is 6.32. The molecule has 2 aromatic carbocycles. The predicted molar refractivity (Wildman–Crippen MR) is 118 cm³/mol. The van der Waals surface area contributed by atoms with E-state index in [9.17, 15) is 28.1 Å². The van der Waals surface area contributed by atoms with Gasteiger partial charge >= 0.3 is 11.9 Å². The van der Waals surface area contributed by atoms with Gasteiger partial charge in [0.25, 0.3) is 5.91 Å². The lowest BCUT2D eigenvalue weighted by Gasteiger charge is -2.17. The zero-order chi connectivity index (χ0) is 25.8. The first-order valence-electron chi connectivity index (χ1n) is 10.5. The highest BCUT2D eigenvalue weighted by atomic mass is 35.5. The van der Waals surface area contributed by atoms with Gasteiger partial charge in [0.2, 0.25) is 5.75 Å². The van der Waals surface area contributed by atoms with Gasteiger partial charge in [-0.3, -0.25) is 14.9 Å². The van der Waals surface area contributed by atoms with Crippen molar-refractivity contribution in [2.75, 3.05) is 13.2 Å². The molecule has 1 N–H and O–H groups in total. The number of nitro groups is 1. The first kappa shape index (κ1) is 26.5. The number of ether oxygens (including phenoxy) is 4. The summed E-state index contributed by atoms with van der Waals surface area (Å²) in [6, 6.07) is 5.97. The van der Waals surface area contributed by atoms with Crippen molar-refractivity contribution in [2.24, 2.45) is 0 Å². The van der Waals surface area contributed by atoms with E-state index in [4.69, 9.17) is 30.5 Å². The van der Waals surface area contributed by atoms with Crippen molar-refractivity contribution in [2.45, 2.75) is 44.9 Å². The standard InChI is InChI=1S/C22H22ClF3N2O7/c1-3-14-11-32-20(35-14)10-27-21(29)12(2)33-19-9-15(5-6-17(19)28(30)31)34-18-7-4-13(8-16(18)23)22(24,25)26/h4-9,12,14,20H,3,10-11H2,1-2H3,(H,27,29). The van der Waals surface area contributed by atoms with Crippen LogP contribution >= 0.6 is 11.6 Å². The van der Waals surface area contributed by atoms with Crippen molar-refractivity contribution in [3.8, 4) is 17.2 Å². The van der Waals surface area contributed by atoms with E-state index in [1.165, 1.54) is 13.0 Å². The molecule has 0 radical (unpaired) electrons. The van der Waals surface area contributed by atoms with E-state index in [0.29, 0.717) is 12.7 Å². The summed E-state index contributed by atoms with van der Waals surface area (Å²) in [6.07, 6.45) is -5.60. The van der Waals surface area contributed by atoms with Crippen molar-refractivity contribution in [3.63, 3.8) is 0 Å². The molecule has 13 heteroatoms. The SMILES string of the molecule is CCC1COC(CNC(=O)C(C)Oc2cc(Oc3ccc(C(F)(F)F)cc3Cl)ccc2[N+](=O)[O-])O1. The molecule has 1 fully saturated rings. The molecule has 1 amide bonds. The monoisotopic (exact) mass is 518 g/mol. The molecule has 3 atom stereocenters. The maximum atomic E-state index is 12.8. The van der Waals surface area contributed by atoms with Gasteiger partial charge in [0.05, 0.1) is 34.8 Å². The Hall–Kier alpha value is -3.09. The third-order valence-corrected chi connectivity index (χ3v) is 5.29. The van der Waals surface area contributed by atoms with Crippen LogP contribution in [0.4, 0.5) is 18.9 Å². The number of carbonyl (C=O) groups is 1. The van der Waals surface area contributed by atoms with Gasteiger partial charge in [0.1, 0.15) is 11.5 Å². The lowest BCUT2D eigenvalue weighted by molar-refractivity contribution is -0.386. The van der Waals surface area contributed by atoms with Gasteiger partial charge < -0.3 is 24.3 Å². The Kier molecular flexibility index (Phi) is 8.41. The summed E-state index contributed by atoms with van der Waals surface area (Å²) in [5, 5.41) is 13.7. The number of amides is 1. The quantitative estimate of drug-likeness (QED) is 0.363. The Bertz CT molecular complexity index is 1080. The molecule has 9 nitrogen and oxygen atoms in total. The van der Waals surface area contributed by atoms with Gasteiger partial charge in [-0.25, -0.2) is 0 Å². The number of nitrogens with zero attached hydrogens (tertiary/aromatic N) is 1. The minimum atomic E-state index is -4.58. The Morgan fingerprint density at radius 2 is 2.03 bits per heavy atom. The van der Waals surface area contributed by atoms with E-state index in [1.54, 1.807) is 0 Å². The maximum absolute atomic E-state index is 12.8. The lowest BCUT2D eigenvalue weighted by atomic mass is 10.2. The molecular weight excluding hydrogens is 497 g/mol. The predicted octanol–water partition coefficient (Wildman–Crippen LogP) is 5.09. The average Bonchev–Trinajstić information content (AvgIpc) is 3.26. The molecule has 0 aliphatic carbocycles. The van der Waals surface area contributed by atoms with Crippen LogP contribution in [-0.2, 0) is 20.4 Å². The Morgan fingerprint density at radius 3 is 2.63 bits per heavy atom. The highest BCUT2D eigenvalue weighted by Gasteiger charge is 2.31. The Labute approximate surface area is 203 Å². The molecule has 0 saturated carbocycles. The van der Waals surface area contributed by atoms with Gasteiger partial charge in [-0.15, -0.1) is 0 Å². The fraction of sp³-hybridized carbons (Fsp3) is 0.409. The fourth-order valence-electron chi connectivity index (χ4n) is 3.09. The normalized spacial score (nSPS) is 18.7. The molecule has 3 unspecified atom stereocenters. The number of nitrogens with one attached hydrogen (secondary N) is 1. The smallest absolute Gasteiger partial charge is 0.416 e. The van der Waals surface area contributed by atoms with Crippen molar-refractivity contribution in [1.82, 2.24) is 5.32 Å². The summed E-state index contributed by atoms with van der Waals surface area (Å²) >= 11 is 5.90. The zero-order valence-electron chi connectivity index (χ0n) is 18.6. The van der Waals surface area contributed by atoms with E-state index in [1.807, 2.05) is 6.92 Å². The van der Waals surface area contributed by atoms with Crippen LogP contribution in [0.3, 0.4) is 0 Å². The number of alkyl halides is 3. The largest absolute Gasteiger partial charge is 0.474 e. The van der Waals surface area contributed by atoms with Crippen molar-refractivity contribution < 1.29 is 41.8 Å². The van der Waals surface area contributed by atoms with Crippen LogP contribution in [0.15, 0.2) is 36.4 Å². The van der Waals surface area contributed by atoms with Crippen LogP contribution in [0.1, 0.15) is 25.8 Å². The molecule has 3 rings (SSSR count). The minimum absolute atomic E-state index is 0.00164. The average molecular weight is 519 g/mol. The molecule has 0 bridgehead atoms. The number of benzene rings is 2. The molecule has 1 aliphatic rings. The summed E-state index contributed by atoms with van der Waals surface area (Å²) in [4.78, 5) is 23.1. The van der Waals surface area contributed by atoms with Gasteiger partial charge in [0, 0.05) is 12.1 Å². The van der Waals surface area contributed by atoms with Gasteiger partial charge in [-0.1, -0.05) is 18.5 Å². The maximum Gasteiger partial charge on any atom is 0.416 e. The first-order chi connectivity index (χ1) is 16.5. The molecular formula is C22H22ClF3N2O7. The van der Waals surface area contributed by atoms with Crippen molar-refractivity contribution in [3.05, 3.63) is 57.1 Å². The molecule has 35 heavy (non-hydrogen) atoms. The summed E-state index contributed by atoms with van der Waals surface area (Å²) in [5.41, 5.74) is -1.40. The van der Waals surface area contributed by atoms with Crippen LogP contribution in [0.5, 0.6) is 17.2 Å². The Morgan fingerprint density at radius 1 is 1.29 bits per heavy atom. The zero-order valence-corrected chi connectivity index (χ0v) is 19.4. The number of carbonyl (C=O) groups excluding carboxylic acids is 1. The van der Waals surface area contributed by atoms with E-state index < -0.39 is 40.7 Å². The van der Waals surface area contributed by atoms with Crippen LogP contribution in [0, 0.1) is 10.1 Å². The van der Waals surface area contributed by atoms with Crippen LogP contribution in [0.25, 0.3) is 0 Å². The second-order valence-corrected chi connectivity index (χ2v) is 7.97. The topological polar surface area (TPSA) is 109 Å². The molecule has 1 aliphatic heterocycles. The third kappa shape index (κ3) is 6.96. The highest BCUT2D eigenvalue weighted by Crippen LogP contribution is 2.38. The third-order valence-electron chi connectivity index (χ3n) is 5.00. The summed E-state index contributed by atoms with van der Waals surface area (Å²) < 4.78 is 60.5. The number of hydrogen-bond donors (Lipinski definition) is 1. The summed E-state index contributed by atoms with van der Waals surface area (Å²) in [5.74, 6) is -0.952. The number of halogens is 4. The molecule has 190 valence electrons. The van der Waals surface area contributed by atoms with Crippen molar-refractivity contribution in [1.29, 1.82) is 0 Å². The molecule has 2 aromatic rings. The molecule has 0 aromatic heterocycles. The minimum Gasteiger partial charge on any atom is -0.474 e. The summed E-state index contributed by atoms with van der Waals surface area (Å²) in [7, 11) is 0. The van der Waals surface area contributed by atoms with E-state index in [-0.39, 0.29) is 34.9 Å². The van der Waals surface area contributed by atoms with E-state index in [0.717, 1.165) is 30.7 Å². The van der Waals surface area contributed by atoms with Crippen LogP contribution in [0.2, 0.25) is 5.02 Å². The molecule has 0 spiro atoms. The summed E-state index contributed by atoms with van der Waals surface area (Å²) in [6.45, 7) is 3.83. The van der Waals surface area contributed by atoms with Crippen LogP contribution in [-0.4, -0.2) is 42.5 Å². The van der Waals surface area contributed by atoms with E-state index in [2.05, 4.69) is 5.32 Å². The molecule has 1 heterocycles. The number of rotatable bonds is 9. The number of nitro benzene ring substituents is 1. The van der Waals surface area contributed by atoms with Crippen molar-refractivity contribution >= 4 is 23.2 Å². The second kappa shape index (κ2) is 11.1. The Balaban J connectivity index is 1.70. The van der Waals surface area contributed by atoms with Gasteiger partial charge in [0.15, 0.2) is 12.4 Å². The lowest BCUT2D eigenvalue weighted by Crippen LogP contribution is -2.40. The molecule has 1 saturated heterocycles. The van der Waals surface area contributed by atoms with Crippen LogP contribution < -0.4 is 14.8 Å².